The molecule has 0 unspecified atom stereocenters. The Kier molecular flexibility index (Phi) is 7.13. The standard InChI is InChI=1S/C25H29N3O3/c1-6-20-11-9-10-17(2)25(20)28-18(3)14-21(19(28)4)15-26-27-24(29)16-31-23-13-8-7-12-22(23)30-5/h7-15H,6,16H2,1-5H3,(H,27,29)/b26-15+. The van der Waals surface area contributed by atoms with E-state index in [0.29, 0.717) is 11.5 Å². The van der Waals surface area contributed by atoms with Crippen molar-refractivity contribution in [3.8, 4) is 17.2 Å². The van der Waals surface area contributed by atoms with Gasteiger partial charge in [0.15, 0.2) is 18.1 Å². The normalized spacial score (nSPS) is 11.0. The number of aryl methyl sites for hydroxylation is 3. The van der Waals surface area contributed by atoms with E-state index < -0.39 is 0 Å². The fraction of sp³-hybridized carbons (Fsp3) is 0.280. The molecular weight excluding hydrogens is 390 g/mol. The number of para-hydroxylation sites is 3. The third-order valence-electron chi connectivity index (χ3n) is 5.22. The van der Waals surface area contributed by atoms with Gasteiger partial charge in [0.2, 0.25) is 0 Å². The molecule has 31 heavy (non-hydrogen) atoms. The molecule has 162 valence electrons. The van der Waals surface area contributed by atoms with Crippen molar-refractivity contribution in [2.75, 3.05) is 13.7 Å². The van der Waals surface area contributed by atoms with Gasteiger partial charge in [-0.05, 0) is 56.5 Å². The van der Waals surface area contributed by atoms with E-state index in [-0.39, 0.29) is 12.5 Å². The first-order chi connectivity index (χ1) is 15.0. The average Bonchev–Trinajstić information content (AvgIpc) is 3.05. The Morgan fingerprint density at radius 3 is 2.55 bits per heavy atom. The van der Waals surface area contributed by atoms with Crippen molar-refractivity contribution in [1.29, 1.82) is 0 Å². The first kappa shape index (κ1) is 22.2. The van der Waals surface area contributed by atoms with Gasteiger partial charge >= 0.3 is 0 Å². The summed E-state index contributed by atoms with van der Waals surface area (Å²) in [5.41, 5.74) is 9.41. The highest BCUT2D eigenvalue weighted by molar-refractivity contribution is 5.84. The van der Waals surface area contributed by atoms with Gasteiger partial charge in [0.05, 0.1) is 19.0 Å². The maximum atomic E-state index is 12.1. The van der Waals surface area contributed by atoms with Crippen molar-refractivity contribution in [2.45, 2.75) is 34.1 Å². The fourth-order valence-corrected chi connectivity index (χ4v) is 3.67. The summed E-state index contributed by atoms with van der Waals surface area (Å²) in [5.74, 6) is 0.745. The lowest BCUT2D eigenvalue weighted by Crippen LogP contribution is -2.24. The van der Waals surface area contributed by atoms with Gasteiger partial charge in [-0.2, -0.15) is 5.10 Å². The lowest BCUT2D eigenvalue weighted by molar-refractivity contribution is -0.123. The van der Waals surface area contributed by atoms with Crippen molar-refractivity contribution >= 4 is 12.1 Å². The Morgan fingerprint density at radius 1 is 1.10 bits per heavy atom. The number of aromatic nitrogens is 1. The fourth-order valence-electron chi connectivity index (χ4n) is 3.67. The number of nitrogens with one attached hydrogen (secondary N) is 1. The van der Waals surface area contributed by atoms with Crippen LogP contribution in [-0.4, -0.2) is 30.4 Å². The number of carbonyl (C=O) groups is 1. The summed E-state index contributed by atoms with van der Waals surface area (Å²) in [6.07, 6.45) is 2.63. The van der Waals surface area contributed by atoms with E-state index in [0.717, 1.165) is 23.4 Å². The summed E-state index contributed by atoms with van der Waals surface area (Å²) in [4.78, 5) is 12.1. The van der Waals surface area contributed by atoms with Crippen LogP contribution >= 0.6 is 0 Å². The van der Waals surface area contributed by atoms with Crippen LogP contribution < -0.4 is 14.9 Å². The summed E-state index contributed by atoms with van der Waals surface area (Å²) in [7, 11) is 1.56. The molecule has 0 radical (unpaired) electrons. The van der Waals surface area contributed by atoms with Crippen molar-refractivity contribution in [3.05, 3.63) is 76.6 Å². The van der Waals surface area contributed by atoms with Gasteiger partial charge in [-0.25, -0.2) is 5.43 Å². The number of rotatable bonds is 8. The second-order valence-corrected chi connectivity index (χ2v) is 7.33. The van der Waals surface area contributed by atoms with E-state index in [9.17, 15) is 4.79 Å². The van der Waals surface area contributed by atoms with Crippen LogP contribution in [0.3, 0.4) is 0 Å². The van der Waals surface area contributed by atoms with E-state index in [4.69, 9.17) is 9.47 Å². The first-order valence-electron chi connectivity index (χ1n) is 10.3. The topological polar surface area (TPSA) is 64.9 Å². The van der Waals surface area contributed by atoms with Crippen LogP contribution in [0.4, 0.5) is 0 Å². The molecule has 0 atom stereocenters. The van der Waals surface area contributed by atoms with Crippen molar-refractivity contribution < 1.29 is 14.3 Å². The molecule has 0 saturated carbocycles. The maximum Gasteiger partial charge on any atom is 0.277 e. The lowest BCUT2D eigenvalue weighted by Gasteiger charge is -2.17. The number of carbonyl (C=O) groups excluding carboxylic acids is 1. The van der Waals surface area contributed by atoms with E-state index in [1.807, 2.05) is 12.1 Å². The molecule has 0 aliphatic rings. The van der Waals surface area contributed by atoms with Crippen LogP contribution in [0.5, 0.6) is 11.5 Å². The molecule has 3 aromatic rings. The predicted octanol–water partition coefficient (Wildman–Crippen LogP) is 4.50. The molecule has 0 spiro atoms. The molecule has 0 bridgehead atoms. The highest BCUT2D eigenvalue weighted by Gasteiger charge is 2.14. The number of amides is 1. The zero-order chi connectivity index (χ0) is 22.4. The minimum Gasteiger partial charge on any atom is -0.493 e. The number of benzene rings is 2. The summed E-state index contributed by atoms with van der Waals surface area (Å²) in [5, 5.41) is 4.12. The Balaban J connectivity index is 1.70. The molecule has 1 N–H and O–H groups in total. The maximum absolute atomic E-state index is 12.1. The molecule has 6 heteroatoms. The third-order valence-corrected chi connectivity index (χ3v) is 5.22. The molecular formula is C25H29N3O3. The number of methoxy groups -OCH3 is 1. The van der Waals surface area contributed by atoms with E-state index in [2.05, 4.69) is 67.1 Å². The quantitative estimate of drug-likeness (QED) is 0.432. The van der Waals surface area contributed by atoms with E-state index in [1.165, 1.54) is 16.8 Å². The van der Waals surface area contributed by atoms with Crippen molar-refractivity contribution in [1.82, 2.24) is 9.99 Å². The van der Waals surface area contributed by atoms with Gasteiger partial charge < -0.3 is 14.0 Å². The summed E-state index contributed by atoms with van der Waals surface area (Å²) < 4.78 is 13.0. The monoisotopic (exact) mass is 419 g/mol. The van der Waals surface area contributed by atoms with E-state index in [1.54, 1.807) is 25.5 Å². The molecule has 0 fully saturated rings. The molecule has 6 nitrogen and oxygen atoms in total. The smallest absolute Gasteiger partial charge is 0.277 e. The Labute approximate surface area is 183 Å². The Morgan fingerprint density at radius 2 is 1.84 bits per heavy atom. The summed E-state index contributed by atoms with van der Waals surface area (Å²) in [6.45, 7) is 8.28. The summed E-state index contributed by atoms with van der Waals surface area (Å²) >= 11 is 0. The highest BCUT2D eigenvalue weighted by Crippen LogP contribution is 2.27. The SMILES string of the molecule is CCc1cccc(C)c1-n1c(C)cc(/C=N/NC(=O)COc2ccccc2OC)c1C. The number of hydrogen-bond acceptors (Lipinski definition) is 4. The summed E-state index contributed by atoms with van der Waals surface area (Å²) in [6, 6.07) is 15.6. The molecule has 0 aliphatic heterocycles. The second-order valence-electron chi connectivity index (χ2n) is 7.33. The third kappa shape index (κ3) is 4.97. The molecule has 1 aromatic heterocycles. The van der Waals surface area contributed by atoms with Crippen molar-refractivity contribution in [3.63, 3.8) is 0 Å². The largest absolute Gasteiger partial charge is 0.493 e. The molecule has 1 amide bonds. The number of hydrogen-bond donors (Lipinski definition) is 1. The lowest BCUT2D eigenvalue weighted by atomic mass is 10.1. The zero-order valence-electron chi connectivity index (χ0n) is 18.7. The number of ether oxygens (including phenoxy) is 2. The predicted molar refractivity (Wildman–Crippen MR) is 124 cm³/mol. The van der Waals surface area contributed by atoms with Gasteiger partial charge in [0.25, 0.3) is 5.91 Å². The van der Waals surface area contributed by atoms with E-state index >= 15 is 0 Å². The second kappa shape index (κ2) is 9.98. The first-order valence-corrected chi connectivity index (χ1v) is 10.3. The Hall–Kier alpha value is -3.54. The number of nitrogens with zero attached hydrogens (tertiary/aromatic N) is 2. The molecule has 3 rings (SSSR count). The van der Waals surface area contributed by atoms with Crippen LogP contribution in [-0.2, 0) is 11.2 Å². The Bertz CT molecular complexity index is 1100. The molecule has 2 aromatic carbocycles. The molecule has 0 aliphatic carbocycles. The number of hydrazone groups is 1. The van der Waals surface area contributed by atoms with Gasteiger partial charge in [-0.15, -0.1) is 0 Å². The van der Waals surface area contributed by atoms with Crippen LogP contribution in [0, 0.1) is 20.8 Å². The van der Waals surface area contributed by atoms with Gasteiger partial charge in [-0.1, -0.05) is 37.3 Å². The van der Waals surface area contributed by atoms with Crippen LogP contribution in [0.1, 0.15) is 35.0 Å². The highest BCUT2D eigenvalue weighted by atomic mass is 16.5. The van der Waals surface area contributed by atoms with Crippen LogP contribution in [0.25, 0.3) is 5.69 Å². The molecule has 1 heterocycles. The van der Waals surface area contributed by atoms with Gasteiger partial charge in [-0.3, -0.25) is 4.79 Å². The van der Waals surface area contributed by atoms with Crippen LogP contribution in [0.15, 0.2) is 53.6 Å². The van der Waals surface area contributed by atoms with Gasteiger partial charge in [0.1, 0.15) is 0 Å². The molecule has 0 saturated heterocycles. The zero-order valence-corrected chi connectivity index (χ0v) is 18.7. The van der Waals surface area contributed by atoms with Gasteiger partial charge in [0, 0.05) is 17.0 Å². The van der Waals surface area contributed by atoms with Crippen molar-refractivity contribution in [2.24, 2.45) is 5.10 Å². The minimum atomic E-state index is -0.344. The van der Waals surface area contributed by atoms with Crippen LogP contribution in [0.2, 0.25) is 0 Å². The average molecular weight is 420 g/mol. The minimum absolute atomic E-state index is 0.153.